The molecule has 0 saturated carbocycles. The monoisotopic (exact) mass is 411 g/mol. The maximum absolute atomic E-state index is 12.1. The third-order valence-corrected chi connectivity index (χ3v) is 6.95. The number of nitrogens with zero attached hydrogens (tertiary/aromatic N) is 1. The van der Waals surface area contributed by atoms with E-state index < -0.39 is 16.6 Å². The van der Waals surface area contributed by atoms with Crippen LogP contribution in [0.3, 0.4) is 0 Å². The van der Waals surface area contributed by atoms with Gasteiger partial charge in [0.05, 0.1) is 10.8 Å². The summed E-state index contributed by atoms with van der Waals surface area (Å²) >= 11 is 0. The zero-order valence-corrected chi connectivity index (χ0v) is 18.7. The maximum Gasteiger partial charge on any atom is 0.247 e. The molecule has 1 atom stereocenters. The number of benzene rings is 1. The van der Waals surface area contributed by atoms with Crippen molar-refractivity contribution in [2.75, 3.05) is 6.26 Å². The Morgan fingerprint density at radius 3 is 2.79 bits per heavy atom. The van der Waals surface area contributed by atoms with Gasteiger partial charge in [0.25, 0.3) is 0 Å². The fourth-order valence-electron chi connectivity index (χ4n) is 4.16. The standard InChI is InChI=1S/C24H29NO3S/c1-23(2,25-15-18-9-7-11-22(29(5)26)19(18)16-25)13-12-17-8-6-10-20-21(14-17)28-24(3,4)27-20/h7,9,11,14H,8,12-13,15-16H2,1-5H3. The van der Waals surface area contributed by atoms with Gasteiger partial charge in [0, 0.05) is 50.0 Å². The van der Waals surface area contributed by atoms with Gasteiger partial charge in [-0.3, -0.25) is 9.11 Å². The molecule has 0 spiro atoms. The Morgan fingerprint density at radius 2 is 2.03 bits per heavy atom. The van der Waals surface area contributed by atoms with Crippen LogP contribution >= 0.6 is 0 Å². The highest BCUT2D eigenvalue weighted by Crippen LogP contribution is 2.37. The Kier molecular flexibility index (Phi) is 5.13. The molecule has 0 N–H and O–H groups in total. The lowest BCUT2D eigenvalue weighted by Gasteiger charge is -2.36. The summed E-state index contributed by atoms with van der Waals surface area (Å²) in [5.41, 5.74) is 3.85. The first-order valence-corrected chi connectivity index (χ1v) is 11.7. The van der Waals surface area contributed by atoms with Crippen LogP contribution in [0, 0.1) is 11.8 Å². The number of ether oxygens (including phenoxy) is 2. The van der Waals surface area contributed by atoms with Gasteiger partial charge in [-0.1, -0.05) is 23.6 Å². The molecule has 3 aliphatic rings. The summed E-state index contributed by atoms with van der Waals surface area (Å²) < 4.78 is 23.8. The van der Waals surface area contributed by atoms with Crippen LogP contribution in [0.4, 0.5) is 0 Å². The fourth-order valence-corrected chi connectivity index (χ4v) is 4.97. The second-order valence-electron chi connectivity index (χ2n) is 9.09. The molecule has 0 amide bonds. The minimum atomic E-state index is -0.953. The summed E-state index contributed by atoms with van der Waals surface area (Å²) in [6.45, 7) is 10.2. The quantitative estimate of drug-likeness (QED) is 0.663. The molecule has 0 saturated heterocycles. The van der Waals surface area contributed by atoms with Crippen molar-refractivity contribution in [3.63, 3.8) is 0 Å². The summed E-state index contributed by atoms with van der Waals surface area (Å²) in [4.78, 5) is 3.47. The van der Waals surface area contributed by atoms with Crippen LogP contribution in [0.15, 0.2) is 46.3 Å². The van der Waals surface area contributed by atoms with Crippen molar-refractivity contribution < 1.29 is 13.7 Å². The molecule has 4 rings (SSSR count). The second kappa shape index (κ2) is 7.34. The molecule has 1 aliphatic carbocycles. The van der Waals surface area contributed by atoms with E-state index in [0.717, 1.165) is 43.0 Å². The predicted octanol–water partition coefficient (Wildman–Crippen LogP) is 4.63. The highest BCUT2D eigenvalue weighted by atomic mass is 32.2. The average molecular weight is 412 g/mol. The van der Waals surface area contributed by atoms with Gasteiger partial charge in [0.15, 0.2) is 5.76 Å². The summed E-state index contributed by atoms with van der Waals surface area (Å²) in [7, 11) is -0.953. The van der Waals surface area contributed by atoms with Crippen LogP contribution in [0.5, 0.6) is 0 Å². The van der Waals surface area contributed by atoms with Crippen LogP contribution < -0.4 is 0 Å². The van der Waals surface area contributed by atoms with E-state index in [-0.39, 0.29) is 5.54 Å². The lowest BCUT2D eigenvalue weighted by atomic mass is 9.92. The van der Waals surface area contributed by atoms with E-state index in [4.69, 9.17) is 9.47 Å². The van der Waals surface area contributed by atoms with E-state index in [1.165, 1.54) is 16.7 Å². The van der Waals surface area contributed by atoms with Crippen LogP contribution in [-0.2, 0) is 33.4 Å². The van der Waals surface area contributed by atoms with Gasteiger partial charge in [-0.15, -0.1) is 0 Å². The van der Waals surface area contributed by atoms with E-state index in [0.29, 0.717) is 5.76 Å². The van der Waals surface area contributed by atoms with Crippen molar-refractivity contribution in [2.45, 2.75) is 76.3 Å². The largest absolute Gasteiger partial charge is 0.448 e. The summed E-state index contributed by atoms with van der Waals surface area (Å²) in [6, 6.07) is 6.19. The first-order chi connectivity index (χ1) is 13.6. The van der Waals surface area contributed by atoms with Gasteiger partial charge in [-0.05, 0) is 55.9 Å². The molecule has 0 radical (unpaired) electrons. The smallest absolute Gasteiger partial charge is 0.247 e. The minimum absolute atomic E-state index is 0.0234. The molecule has 29 heavy (non-hydrogen) atoms. The first-order valence-electron chi connectivity index (χ1n) is 10.1. The molecule has 2 aliphatic heterocycles. The molecular formula is C24H29NO3S. The van der Waals surface area contributed by atoms with E-state index >= 15 is 0 Å². The van der Waals surface area contributed by atoms with Crippen molar-refractivity contribution in [3.8, 4) is 11.8 Å². The second-order valence-corrected chi connectivity index (χ2v) is 10.4. The Hall–Kier alpha value is -2.03. The SMILES string of the molecule is CS(=O)c1cccc2c1CN(C(C)(C)CCC1=CC3=C(C#CC1)OC(C)(C)O3)C2. The minimum Gasteiger partial charge on any atom is -0.448 e. The highest BCUT2D eigenvalue weighted by molar-refractivity contribution is 7.84. The molecule has 154 valence electrons. The number of allylic oxidation sites excluding steroid dienone is 3. The lowest BCUT2D eigenvalue weighted by molar-refractivity contribution is -0.118. The molecule has 1 aromatic rings. The van der Waals surface area contributed by atoms with Crippen LogP contribution in [0.25, 0.3) is 0 Å². The van der Waals surface area contributed by atoms with Crippen molar-refractivity contribution in [3.05, 3.63) is 52.5 Å². The number of hydrogen-bond acceptors (Lipinski definition) is 4. The third kappa shape index (κ3) is 4.15. The topological polar surface area (TPSA) is 38.8 Å². The number of hydrogen-bond donors (Lipinski definition) is 0. The van der Waals surface area contributed by atoms with Crippen LogP contribution in [-0.4, -0.2) is 26.7 Å². The van der Waals surface area contributed by atoms with Crippen molar-refractivity contribution in [2.24, 2.45) is 0 Å². The third-order valence-electron chi connectivity index (χ3n) is 5.94. The lowest BCUT2D eigenvalue weighted by Crippen LogP contribution is -2.40. The predicted molar refractivity (Wildman–Crippen MR) is 115 cm³/mol. The van der Waals surface area contributed by atoms with Gasteiger partial charge in [-0.25, -0.2) is 0 Å². The first kappa shape index (κ1) is 20.3. The number of fused-ring (bicyclic) bond motifs is 1. The Labute approximate surface area is 176 Å². The molecule has 2 heterocycles. The van der Waals surface area contributed by atoms with Crippen molar-refractivity contribution in [1.82, 2.24) is 4.90 Å². The zero-order valence-electron chi connectivity index (χ0n) is 17.9. The summed E-state index contributed by atoms with van der Waals surface area (Å²) in [5.74, 6) is 7.09. The van der Waals surface area contributed by atoms with Gasteiger partial charge in [0.2, 0.25) is 11.5 Å². The van der Waals surface area contributed by atoms with Gasteiger partial charge in [-0.2, -0.15) is 0 Å². The van der Waals surface area contributed by atoms with E-state index in [9.17, 15) is 4.21 Å². The summed E-state index contributed by atoms with van der Waals surface area (Å²) in [5, 5.41) is 0. The van der Waals surface area contributed by atoms with E-state index in [1.807, 2.05) is 26.0 Å². The van der Waals surface area contributed by atoms with Crippen molar-refractivity contribution in [1.29, 1.82) is 0 Å². The molecule has 0 bridgehead atoms. The molecule has 4 nitrogen and oxygen atoms in total. The van der Waals surface area contributed by atoms with Gasteiger partial charge < -0.3 is 9.47 Å². The van der Waals surface area contributed by atoms with Crippen molar-refractivity contribution >= 4 is 10.8 Å². The molecule has 5 heteroatoms. The fraction of sp³-hybridized carbons (Fsp3) is 0.500. The van der Waals surface area contributed by atoms with Gasteiger partial charge in [0.1, 0.15) is 0 Å². The molecule has 0 fully saturated rings. The average Bonchev–Trinajstić information content (AvgIpc) is 3.15. The molecular weight excluding hydrogens is 382 g/mol. The van der Waals surface area contributed by atoms with E-state index in [2.05, 4.69) is 42.7 Å². The van der Waals surface area contributed by atoms with Crippen LogP contribution in [0.1, 0.15) is 58.1 Å². The van der Waals surface area contributed by atoms with Crippen LogP contribution in [0.2, 0.25) is 0 Å². The molecule has 1 unspecified atom stereocenters. The van der Waals surface area contributed by atoms with Gasteiger partial charge >= 0.3 is 0 Å². The molecule has 0 aromatic heterocycles. The molecule has 1 aromatic carbocycles. The van der Waals surface area contributed by atoms with E-state index in [1.54, 1.807) is 6.26 Å². The number of rotatable bonds is 5. The normalized spacial score (nSPS) is 21.2. The maximum atomic E-state index is 12.1. The Morgan fingerprint density at radius 1 is 1.24 bits per heavy atom. The summed E-state index contributed by atoms with van der Waals surface area (Å²) in [6.07, 6.45) is 6.59. The Balaban J connectivity index is 1.45. The zero-order chi connectivity index (χ0) is 20.8. The highest BCUT2D eigenvalue weighted by Gasteiger charge is 2.35. The Bertz CT molecular complexity index is 991.